The van der Waals surface area contributed by atoms with Gasteiger partial charge in [0.05, 0.1) is 6.54 Å². The Balaban J connectivity index is 0.00000363. The Hall–Kier alpha value is -1.11. The van der Waals surface area contributed by atoms with Crippen LogP contribution in [0.4, 0.5) is 13.2 Å². The van der Waals surface area contributed by atoms with E-state index in [2.05, 4.69) is 20.4 Å². The van der Waals surface area contributed by atoms with Crippen LogP contribution in [0.25, 0.3) is 0 Å². The summed E-state index contributed by atoms with van der Waals surface area (Å²) in [7, 11) is 1.93. The Kier molecular flexibility index (Phi) is 10.5. The van der Waals surface area contributed by atoms with Crippen molar-refractivity contribution in [1.82, 2.24) is 29.9 Å². The second kappa shape index (κ2) is 12.4. The largest absolute Gasteiger partial charge is 0.401 e. The second-order valence-corrected chi connectivity index (χ2v) is 8.89. The van der Waals surface area contributed by atoms with E-state index in [1.807, 2.05) is 18.5 Å². The van der Waals surface area contributed by atoms with Gasteiger partial charge in [-0.15, -0.1) is 34.2 Å². The quantitative estimate of drug-likeness (QED) is 0.307. The molecule has 11 heteroatoms. The van der Waals surface area contributed by atoms with Crippen LogP contribution in [0.3, 0.4) is 0 Å². The zero-order valence-electron chi connectivity index (χ0n) is 19.4. The molecular formula is C21H37F3IN7. The predicted octanol–water partition coefficient (Wildman–Crippen LogP) is 3.73. The molecule has 0 spiro atoms. The van der Waals surface area contributed by atoms with Crippen LogP contribution >= 0.6 is 24.0 Å². The fourth-order valence-electron chi connectivity index (χ4n) is 4.50. The zero-order valence-corrected chi connectivity index (χ0v) is 21.7. The molecule has 0 radical (unpaired) electrons. The third kappa shape index (κ3) is 8.03. The molecule has 1 saturated carbocycles. The van der Waals surface area contributed by atoms with Gasteiger partial charge in [-0.2, -0.15) is 13.2 Å². The number of hydrogen-bond acceptors (Lipinski definition) is 4. The van der Waals surface area contributed by atoms with Crippen LogP contribution < -0.4 is 5.32 Å². The van der Waals surface area contributed by atoms with Gasteiger partial charge in [0.1, 0.15) is 12.4 Å². The molecular weight excluding hydrogens is 534 g/mol. The minimum absolute atomic E-state index is 0. The standard InChI is InChI=1S/C21H36F3N7.HI/c1-4-30(15-21(22,23)24)13-17-10-11-31(14-17)20(26-18-8-6-5-7-9-18)25-12-19-28-27-16(2)29(19)3;/h17-18H,4-15H2,1-3H3,(H,25,26);1H. The van der Waals surface area contributed by atoms with Crippen molar-refractivity contribution in [2.45, 2.75) is 71.1 Å². The minimum atomic E-state index is -4.16. The van der Waals surface area contributed by atoms with E-state index >= 15 is 0 Å². The van der Waals surface area contributed by atoms with E-state index in [0.717, 1.165) is 50.0 Å². The van der Waals surface area contributed by atoms with Crippen molar-refractivity contribution in [3.05, 3.63) is 11.6 Å². The van der Waals surface area contributed by atoms with Gasteiger partial charge < -0.3 is 14.8 Å². The highest BCUT2D eigenvalue weighted by Gasteiger charge is 2.33. The van der Waals surface area contributed by atoms with Gasteiger partial charge in [-0.05, 0) is 38.6 Å². The zero-order chi connectivity index (χ0) is 22.4. The van der Waals surface area contributed by atoms with Gasteiger partial charge in [0, 0.05) is 32.7 Å². The molecule has 2 aliphatic rings. The average molecular weight is 571 g/mol. The Bertz CT molecular complexity index is 731. The lowest BCUT2D eigenvalue weighted by Crippen LogP contribution is -2.46. The van der Waals surface area contributed by atoms with Gasteiger partial charge >= 0.3 is 6.18 Å². The molecule has 1 N–H and O–H groups in total. The average Bonchev–Trinajstić information content (AvgIpc) is 3.32. The maximum atomic E-state index is 12.8. The van der Waals surface area contributed by atoms with E-state index in [1.165, 1.54) is 24.2 Å². The number of hydrogen-bond donors (Lipinski definition) is 1. The molecule has 0 bridgehead atoms. The first-order valence-corrected chi connectivity index (χ1v) is 11.4. The molecule has 2 heterocycles. The summed E-state index contributed by atoms with van der Waals surface area (Å²) >= 11 is 0. The number of aliphatic imine (C=N–C) groups is 1. The first kappa shape index (κ1) is 27.1. The Morgan fingerprint density at radius 1 is 1.19 bits per heavy atom. The van der Waals surface area contributed by atoms with Crippen LogP contribution in [-0.4, -0.2) is 75.5 Å². The molecule has 1 aromatic heterocycles. The molecule has 7 nitrogen and oxygen atoms in total. The van der Waals surface area contributed by atoms with Crippen molar-refractivity contribution in [2.24, 2.45) is 18.0 Å². The number of halogens is 4. The summed E-state index contributed by atoms with van der Waals surface area (Å²) in [6.07, 6.45) is 2.71. The summed E-state index contributed by atoms with van der Waals surface area (Å²) in [5.74, 6) is 2.71. The van der Waals surface area contributed by atoms with Crippen LogP contribution in [0.5, 0.6) is 0 Å². The van der Waals surface area contributed by atoms with Crippen molar-refractivity contribution >= 4 is 29.9 Å². The smallest absolute Gasteiger partial charge is 0.353 e. The molecule has 0 amide bonds. The molecule has 1 saturated heterocycles. The fraction of sp³-hybridized carbons (Fsp3) is 0.857. The van der Waals surface area contributed by atoms with Crippen LogP contribution in [0, 0.1) is 12.8 Å². The summed E-state index contributed by atoms with van der Waals surface area (Å²) < 4.78 is 40.4. The molecule has 2 fully saturated rings. The van der Waals surface area contributed by atoms with E-state index < -0.39 is 12.7 Å². The SMILES string of the molecule is CCN(CC1CCN(C(=NCc2nnc(C)n2C)NC2CCCCC2)C1)CC(F)(F)F.I. The van der Waals surface area contributed by atoms with E-state index in [1.54, 1.807) is 6.92 Å². The van der Waals surface area contributed by atoms with Gasteiger partial charge in [-0.1, -0.05) is 26.2 Å². The van der Waals surface area contributed by atoms with Gasteiger partial charge in [0.2, 0.25) is 0 Å². The van der Waals surface area contributed by atoms with Gasteiger partial charge in [-0.3, -0.25) is 4.90 Å². The lowest BCUT2D eigenvalue weighted by molar-refractivity contribution is -0.146. The second-order valence-electron chi connectivity index (χ2n) is 8.89. The highest BCUT2D eigenvalue weighted by atomic mass is 127. The van der Waals surface area contributed by atoms with E-state index in [0.29, 0.717) is 25.7 Å². The molecule has 1 aliphatic carbocycles. The summed E-state index contributed by atoms with van der Waals surface area (Å²) in [4.78, 5) is 8.57. The Labute approximate surface area is 206 Å². The summed E-state index contributed by atoms with van der Waals surface area (Å²) in [5, 5.41) is 12.0. The van der Waals surface area contributed by atoms with Crippen LogP contribution in [0.1, 0.15) is 57.1 Å². The molecule has 184 valence electrons. The Morgan fingerprint density at radius 3 is 2.50 bits per heavy atom. The lowest BCUT2D eigenvalue weighted by atomic mass is 9.96. The summed E-state index contributed by atoms with van der Waals surface area (Å²) in [5.41, 5.74) is 0. The maximum Gasteiger partial charge on any atom is 0.401 e. The van der Waals surface area contributed by atoms with Crippen molar-refractivity contribution in [2.75, 3.05) is 32.7 Å². The molecule has 3 rings (SSSR count). The van der Waals surface area contributed by atoms with Crippen molar-refractivity contribution in [1.29, 1.82) is 0 Å². The number of alkyl halides is 3. The fourth-order valence-corrected chi connectivity index (χ4v) is 4.50. The molecule has 1 atom stereocenters. The van der Waals surface area contributed by atoms with Crippen molar-refractivity contribution in [3.63, 3.8) is 0 Å². The van der Waals surface area contributed by atoms with Crippen LogP contribution in [0.15, 0.2) is 4.99 Å². The number of aryl methyl sites for hydroxylation is 1. The lowest BCUT2D eigenvalue weighted by Gasteiger charge is -2.30. The van der Waals surface area contributed by atoms with E-state index in [9.17, 15) is 13.2 Å². The highest BCUT2D eigenvalue weighted by molar-refractivity contribution is 14.0. The van der Waals surface area contributed by atoms with Crippen LogP contribution in [0.2, 0.25) is 0 Å². The summed E-state index contributed by atoms with van der Waals surface area (Å²) in [6.45, 7) is 5.70. The predicted molar refractivity (Wildman–Crippen MR) is 130 cm³/mol. The molecule has 32 heavy (non-hydrogen) atoms. The third-order valence-electron chi connectivity index (χ3n) is 6.44. The van der Waals surface area contributed by atoms with Gasteiger partial charge in [0.25, 0.3) is 0 Å². The molecule has 1 unspecified atom stereocenters. The van der Waals surface area contributed by atoms with Gasteiger partial charge in [0.15, 0.2) is 11.8 Å². The molecule has 1 aliphatic heterocycles. The molecule has 0 aromatic carbocycles. The number of guanidine groups is 1. The van der Waals surface area contributed by atoms with E-state index in [-0.39, 0.29) is 29.9 Å². The van der Waals surface area contributed by atoms with E-state index in [4.69, 9.17) is 4.99 Å². The first-order chi connectivity index (χ1) is 14.7. The first-order valence-electron chi connectivity index (χ1n) is 11.4. The normalized spacial score (nSPS) is 20.7. The monoisotopic (exact) mass is 571 g/mol. The number of nitrogens with zero attached hydrogens (tertiary/aromatic N) is 6. The van der Waals surface area contributed by atoms with Crippen molar-refractivity contribution < 1.29 is 13.2 Å². The Morgan fingerprint density at radius 2 is 1.91 bits per heavy atom. The molecule has 1 aromatic rings. The maximum absolute atomic E-state index is 12.8. The number of aromatic nitrogens is 3. The van der Waals surface area contributed by atoms with Gasteiger partial charge in [-0.25, -0.2) is 4.99 Å². The number of nitrogens with one attached hydrogen (secondary N) is 1. The van der Waals surface area contributed by atoms with Crippen molar-refractivity contribution in [3.8, 4) is 0 Å². The number of rotatable bonds is 7. The number of likely N-dealkylation sites (tertiary alicyclic amines) is 1. The minimum Gasteiger partial charge on any atom is -0.353 e. The topological polar surface area (TPSA) is 61.6 Å². The summed E-state index contributed by atoms with van der Waals surface area (Å²) in [6, 6.07) is 0.408. The highest BCUT2D eigenvalue weighted by Crippen LogP contribution is 2.23. The van der Waals surface area contributed by atoms with Crippen LogP contribution in [-0.2, 0) is 13.6 Å². The third-order valence-corrected chi connectivity index (χ3v) is 6.44.